The third-order valence-corrected chi connectivity index (χ3v) is 2.94. The molecule has 0 unspecified atom stereocenters. The molecule has 0 radical (unpaired) electrons. The maximum atomic E-state index is 12.8. The monoisotopic (exact) mass is 238 g/mol. The molecule has 0 aliphatic carbocycles. The minimum absolute atomic E-state index is 0.310. The highest BCUT2D eigenvalue weighted by Gasteiger charge is 2.09. The summed E-state index contributed by atoms with van der Waals surface area (Å²) in [4.78, 5) is 0.310. The van der Waals surface area contributed by atoms with Gasteiger partial charge in [0.1, 0.15) is 0 Å². The Bertz CT molecular complexity index is 275. The van der Waals surface area contributed by atoms with Crippen LogP contribution in [0.2, 0.25) is 0 Å². The summed E-state index contributed by atoms with van der Waals surface area (Å²) in [5.41, 5.74) is 0. The van der Waals surface area contributed by atoms with Gasteiger partial charge in [-0.25, -0.2) is 8.78 Å². The summed E-state index contributed by atoms with van der Waals surface area (Å²) < 4.78 is 26.0. The predicted molar refractivity (Wildman–Crippen MR) is 45.8 cm³/mol. The van der Waals surface area contributed by atoms with Crippen LogP contribution in [0, 0.1) is 11.6 Å². The van der Waals surface area contributed by atoms with Crippen molar-refractivity contribution in [3.8, 4) is 0 Å². The van der Waals surface area contributed by atoms with Crippen molar-refractivity contribution < 1.29 is 8.78 Å². The van der Waals surface area contributed by atoms with E-state index >= 15 is 0 Å². The number of hydrogen-bond acceptors (Lipinski definition) is 1. The van der Waals surface area contributed by atoms with Crippen LogP contribution >= 0.6 is 27.7 Å². The molecule has 0 saturated heterocycles. The van der Waals surface area contributed by atoms with E-state index in [0.29, 0.717) is 9.37 Å². The maximum Gasteiger partial charge on any atom is 0.173 e. The average molecular weight is 239 g/mol. The summed E-state index contributed by atoms with van der Waals surface area (Å²) in [6.45, 7) is 0. The summed E-state index contributed by atoms with van der Waals surface area (Å²) in [6, 6.07) is 2.59. The van der Waals surface area contributed by atoms with Crippen LogP contribution in [0.15, 0.2) is 21.5 Å². The van der Waals surface area contributed by atoms with Crippen molar-refractivity contribution in [2.75, 3.05) is 6.26 Å². The minimum Gasteiger partial charge on any atom is -0.204 e. The van der Waals surface area contributed by atoms with Gasteiger partial charge in [0.25, 0.3) is 0 Å². The quantitative estimate of drug-likeness (QED) is 0.534. The molecule has 4 heteroatoms. The number of thioether (sulfide) groups is 1. The van der Waals surface area contributed by atoms with E-state index in [9.17, 15) is 8.78 Å². The molecule has 0 N–H and O–H groups in total. The molecule has 0 aliphatic rings. The van der Waals surface area contributed by atoms with Crippen molar-refractivity contribution in [3.05, 3.63) is 28.2 Å². The number of hydrogen-bond donors (Lipinski definition) is 0. The lowest BCUT2D eigenvalue weighted by atomic mass is 10.3. The zero-order valence-electron chi connectivity index (χ0n) is 5.70. The van der Waals surface area contributed by atoms with Gasteiger partial charge in [0.2, 0.25) is 0 Å². The number of benzene rings is 1. The lowest BCUT2D eigenvalue weighted by Gasteiger charge is -2.01. The molecule has 0 atom stereocenters. The molecule has 1 aromatic carbocycles. The Morgan fingerprint density at radius 3 is 2.45 bits per heavy atom. The Balaban J connectivity index is 3.29. The van der Waals surface area contributed by atoms with Crippen LogP contribution < -0.4 is 0 Å². The van der Waals surface area contributed by atoms with E-state index in [4.69, 9.17) is 0 Å². The first kappa shape index (κ1) is 9.00. The second-order valence-electron chi connectivity index (χ2n) is 1.88. The number of halogens is 3. The Morgan fingerprint density at radius 1 is 1.36 bits per heavy atom. The third kappa shape index (κ3) is 1.73. The molecule has 11 heavy (non-hydrogen) atoms. The Labute approximate surface area is 76.1 Å². The lowest BCUT2D eigenvalue weighted by molar-refractivity contribution is 0.490. The first-order valence-corrected chi connectivity index (χ1v) is 4.86. The predicted octanol–water partition coefficient (Wildman–Crippen LogP) is 3.45. The standard InChI is InChI=1S/C7H5BrF2S/c1-11-7-4(8)2-3-5(9)6(7)10/h2-3H,1H3. The van der Waals surface area contributed by atoms with Gasteiger partial charge in [0, 0.05) is 4.47 Å². The van der Waals surface area contributed by atoms with Crippen molar-refractivity contribution in [2.45, 2.75) is 4.90 Å². The zero-order chi connectivity index (χ0) is 8.43. The van der Waals surface area contributed by atoms with E-state index in [1.54, 1.807) is 6.26 Å². The molecule has 0 saturated carbocycles. The van der Waals surface area contributed by atoms with Crippen LogP contribution in [0.1, 0.15) is 0 Å². The fraction of sp³-hybridized carbons (Fsp3) is 0.143. The molecule has 0 bridgehead atoms. The van der Waals surface area contributed by atoms with E-state index in [-0.39, 0.29) is 0 Å². The van der Waals surface area contributed by atoms with Gasteiger partial charge in [0.15, 0.2) is 11.6 Å². The maximum absolute atomic E-state index is 12.8. The Morgan fingerprint density at radius 2 is 2.00 bits per heavy atom. The van der Waals surface area contributed by atoms with Gasteiger partial charge in [-0.05, 0) is 34.3 Å². The molecule has 0 amide bonds. The minimum atomic E-state index is -0.808. The second-order valence-corrected chi connectivity index (χ2v) is 3.55. The van der Waals surface area contributed by atoms with Crippen molar-refractivity contribution in [2.24, 2.45) is 0 Å². The second kappa shape index (κ2) is 3.54. The third-order valence-electron chi connectivity index (χ3n) is 1.21. The van der Waals surface area contributed by atoms with E-state index < -0.39 is 11.6 Å². The average Bonchev–Trinajstić information content (AvgIpc) is 1.99. The van der Waals surface area contributed by atoms with Crippen LogP contribution in [0.3, 0.4) is 0 Å². The van der Waals surface area contributed by atoms with Gasteiger partial charge in [-0.2, -0.15) is 0 Å². The van der Waals surface area contributed by atoms with Crippen LogP contribution in [-0.2, 0) is 0 Å². The van der Waals surface area contributed by atoms with Gasteiger partial charge >= 0.3 is 0 Å². The van der Waals surface area contributed by atoms with Crippen LogP contribution in [0.5, 0.6) is 0 Å². The molecular weight excluding hydrogens is 234 g/mol. The topological polar surface area (TPSA) is 0 Å². The fourth-order valence-corrected chi connectivity index (χ4v) is 2.03. The van der Waals surface area contributed by atoms with E-state index in [0.717, 1.165) is 6.07 Å². The van der Waals surface area contributed by atoms with Crippen molar-refractivity contribution in [3.63, 3.8) is 0 Å². The number of rotatable bonds is 1. The summed E-state index contributed by atoms with van der Waals surface area (Å²) in [5.74, 6) is -1.59. The van der Waals surface area contributed by atoms with Gasteiger partial charge in [-0.15, -0.1) is 11.8 Å². The molecular formula is C7H5BrF2S. The Hall–Kier alpha value is -0.0900. The molecule has 1 aromatic rings. The van der Waals surface area contributed by atoms with Crippen molar-refractivity contribution in [1.82, 2.24) is 0 Å². The summed E-state index contributed by atoms with van der Waals surface area (Å²) in [6.07, 6.45) is 1.70. The normalized spacial score (nSPS) is 10.2. The van der Waals surface area contributed by atoms with Crippen LogP contribution in [0.25, 0.3) is 0 Å². The molecule has 0 nitrogen and oxygen atoms in total. The highest BCUT2D eigenvalue weighted by atomic mass is 79.9. The lowest BCUT2D eigenvalue weighted by Crippen LogP contribution is -1.87. The molecule has 0 heterocycles. The molecule has 1 rings (SSSR count). The van der Waals surface area contributed by atoms with Gasteiger partial charge in [-0.1, -0.05) is 0 Å². The van der Waals surface area contributed by atoms with E-state index in [1.165, 1.54) is 17.8 Å². The van der Waals surface area contributed by atoms with Crippen molar-refractivity contribution >= 4 is 27.7 Å². The SMILES string of the molecule is CSc1c(Br)ccc(F)c1F. The summed E-state index contributed by atoms with van der Waals surface area (Å²) >= 11 is 4.29. The van der Waals surface area contributed by atoms with Gasteiger partial charge in [0.05, 0.1) is 4.90 Å². The Kier molecular flexibility index (Phi) is 2.90. The summed E-state index contributed by atoms with van der Waals surface area (Å²) in [5, 5.41) is 0. The molecule has 0 aromatic heterocycles. The smallest absolute Gasteiger partial charge is 0.173 e. The fourth-order valence-electron chi connectivity index (χ4n) is 0.696. The highest BCUT2D eigenvalue weighted by molar-refractivity contribution is 9.10. The molecule has 60 valence electrons. The van der Waals surface area contributed by atoms with Gasteiger partial charge in [-0.3, -0.25) is 0 Å². The van der Waals surface area contributed by atoms with E-state index in [2.05, 4.69) is 15.9 Å². The molecule has 0 aliphatic heterocycles. The first-order valence-electron chi connectivity index (χ1n) is 2.84. The molecule has 0 spiro atoms. The van der Waals surface area contributed by atoms with E-state index in [1.807, 2.05) is 0 Å². The molecule has 0 fully saturated rings. The highest BCUT2D eigenvalue weighted by Crippen LogP contribution is 2.29. The summed E-state index contributed by atoms with van der Waals surface area (Å²) in [7, 11) is 0. The zero-order valence-corrected chi connectivity index (χ0v) is 8.10. The van der Waals surface area contributed by atoms with Gasteiger partial charge < -0.3 is 0 Å². The van der Waals surface area contributed by atoms with Crippen LogP contribution in [0.4, 0.5) is 8.78 Å². The largest absolute Gasteiger partial charge is 0.204 e. The van der Waals surface area contributed by atoms with Crippen molar-refractivity contribution in [1.29, 1.82) is 0 Å². The first-order chi connectivity index (χ1) is 5.16. The van der Waals surface area contributed by atoms with Crippen LogP contribution in [-0.4, -0.2) is 6.26 Å².